The van der Waals surface area contributed by atoms with Crippen molar-refractivity contribution in [3.05, 3.63) is 29.8 Å². The number of phenolic OH excluding ortho intramolecular Hbond substituents is 1. The summed E-state index contributed by atoms with van der Waals surface area (Å²) in [5, 5.41) is 108. The number of carbonyl (C=O) groups excluding carboxylic acids is 6. The lowest BCUT2D eigenvalue weighted by Gasteiger charge is -2.34. The first-order chi connectivity index (χ1) is 35.1. The molecule has 420 valence electrons. The molecular weight excluding hydrogens is 967 g/mol. The largest absolute Gasteiger partial charge is 0.508 e. The smallest absolute Gasteiger partial charge is 0.250 e. The summed E-state index contributed by atoms with van der Waals surface area (Å²) in [6, 6.07) is -3.68. The van der Waals surface area contributed by atoms with Crippen LogP contribution in [0.5, 0.6) is 5.75 Å². The summed E-state index contributed by atoms with van der Waals surface area (Å²) in [6.07, 6.45) is -1.98. The molecule has 3 saturated heterocycles. The molecule has 4 rings (SSSR count). The van der Waals surface area contributed by atoms with Gasteiger partial charge in [-0.25, -0.2) is 0 Å². The lowest BCUT2D eigenvalue weighted by molar-refractivity contribution is -0.194. The minimum absolute atomic E-state index is 0.0149. The second-order valence-electron chi connectivity index (χ2n) is 20.6. The quantitative estimate of drug-likeness (QED) is 0.0617. The molecule has 0 radical (unpaired) electrons. The third kappa shape index (κ3) is 18.6. The number of aliphatic hydroxyl groups is 8. The monoisotopic (exact) mass is 1050 g/mol. The molecule has 3 heterocycles. The van der Waals surface area contributed by atoms with E-state index in [9.17, 15) is 74.7 Å². The maximum Gasteiger partial charge on any atom is 0.250 e. The minimum atomic E-state index is -2.16. The van der Waals surface area contributed by atoms with E-state index in [1.165, 1.54) is 75.6 Å². The number of unbranched alkanes of at least 4 members (excludes halogenated alkanes) is 13. The molecule has 15 unspecified atom stereocenters. The number of amides is 6. The normalized spacial score (nSPS) is 29.5. The van der Waals surface area contributed by atoms with Crippen molar-refractivity contribution in [2.45, 2.75) is 229 Å². The molecule has 23 heteroatoms. The Labute approximate surface area is 433 Å². The molecule has 15 atom stereocenters. The second kappa shape index (κ2) is 30.9. The number of rotatable bonds is 22. The highest BCUT2D eigenvalue weighted by Crippen LogP contribution is 2.27. The van der Waals surface area contributed by atoms with Gasteiger partial charge < -0.3 is 77.0 Å². The third-order valence-corrected chi connectivity index (χ3v) is 14.2. The molecule has 14 N–H and O–H groups in total. The van der Waals surface area contributed by atoms with Gasteiger partial charge in [-0.1, -0.05) is 109 Å². The summed E-state index contributed by atoms with van der Waals surface area (Å²) < 4.78 is 0. The van der Waals surface area contributed by atoms with Gasteiger partial charge in [0.15, 0.2) is 12.5 Å². The van der Waals surface area contributed by atoms with Crippen LogP contribution in [0.2, 0.25) is 0 Å². The Kier molecular flexibility index (Phi) is 25.8. The number of hydrogen-bond donors (Lipinski definition) is 14. The highest BCUT2D eigenvalue weighted by atomic mass is 16.7. The molecule has 3 aliphatic heterocycles. The number of nitrogens with one attached hydrogen (secondary N) is 5. The van der Waals surface area contributed by atoms with Gasteiger partial charge in [0, 0.05) is 44.7 Å². The molecule has 0 aromatic heterocycles. The predicted molar refractivity (Wildman–Crippen MR) is 267 cm³/mol. The molecule has 74 heavy (non-hydrogen) atoms. The molecule has 0 saturated carbocycles. The Morgan fingerprint density at radius 2 is 1.20 bits per heavy atom. The SMILES string of the molecule is CCCCCCCCCCCCCCCCC(=O)NC1CC(O)C(O)NOC2C(O)C(C)CN2C(=O)C(C(C)O)NC(=O)C(C(O)C(O)Cc2ccc(O)cc2)NC(=O)C2CC(O)CN2C(=O)C(C(C)O)NC1=O. The van der Waals surface area contributed by atoms with Crippen molar-refractivity contribution in [1.82, 2.24) is 36.5 Å². The molecule has 23 nitrogen and oxygen atoms in total. The number of hydrogen-bond acceptors (Lipinski definition) is 17. The molecule has 1 aromatic carbocycles. The van der Waals surface area contributed by atoms with Gasteiger partial charge in [-0.15, -0.1) is 0 Å². The van der Waals surface area contributed by atoms with Gasteiger partial charge in [0.05, 0.1) is 30.5 Å². The van der Waals surface area contributed by atoms with Gasteiger partial charge in [-0.2, -0.15) is 5.48 Å². The Hall–Kier alpha value is -4.56. The lowest BCUT2D eigenvalue weighted by Crippen LogP contribution is -2.64. The summed E-state index contributed by atoms with van der Waals surface area (Å²) in [5.41, 5.74) is 2.55. The van der Waals surface area contributed by atoms with Gasteiger partial charge in [-0.05, 0) is 38.0 Å². The summed E-state index contributed by atoms with van der Waals surface area (Å²) in [6.45, 7) is 5.30. The van der Waals surface area contributed by atoms with Crippen molar-refractivity contribution in [1.29, 1.82) is 0 Å². The molecule has 3 fully saturated rings. The number of nitrogens with zero attached hydrogens (tertiary/aromatic N) is 2. The fourth-order valence-electron chi connectivity index (χ4n) is 9.61. The topological polar surface area (TPSA) is 360 Å². The van der Waals surface area contributed by atoms with Crippen LogP contribution in [0.4, 0.5) is 0 Å². The van der Waals surface area contributed by atoms with Crippen molar-refractivity contribution < 1.29 is 79.6 Å². The maximum absolute atomic E-state index is 14.3. The Morgan fingerprint density at radius 3 is 1.76 bits per heavy atom. The maximum atomic E-state index is 14.3. The Bertz CT molecular complexity index is 1930. The highest BCUT2D eigenvalue weighted by Gasteiger charge is 2.48. The first-order valence-corrected chi connectivity index (χ1v) is 26.6. The zero-order chi connectivity index (χ0) is 54.6. The van der Waals surface area contributed by atoms with E-state index in [4.69, 9.17) is 4.84 Å². The van der Waals surface area contributed by atoms with Crippen LogP contribution in [0.3, 0.4) is 0 Å². The van der Waals surface area contributed by atoms with Gasteiger partial charge in [0.2, 0.25) is 35.4 Å². The molecule has 1 aromatic rings. The standard InChI is InChI=1S/C51H85N7O16/c1-5-6-7-8-9-10-11-12-13-14-15-16-17-18-19-39(65)52-35-26-38(64)47(70)56-74-51-43(66)29(2)27-58(51)50(73)41(31(4)60)54-48(71)42(44(67)37(63)24-32-20-22-33(61)23-21-32)55-46(69)36-25-34(62)28-57(36)49(72)40(30(3)59)53-45(35)68/h20-23,29-31,34-38,40-44,47,51,56,59-64,66-67,70H,5-19,24-28H2,1-4H3,(H,52,65)(H,53,68)(H,54,71)(H,55,69). The molecule has 0 bridgehead atoms. The van der Waals surface area contributed by atoms with Crippen molar-refractivity contribution in [3.63, 3.8) is 0 Å². The van der Waals surface area contributed by atoms with Crippen LogP contribution in [-0.2, 0) is 40.0 Å². The van der Waals surface area contributed by atoms with E-state index in [0.717, 1.165) is 55.8 Å². The van der Waals surface area contributed by atoms with E-state index in [0.29, 0.717) is 12.0 Å². The fraction of sp³-hybridized carbons (Fsp3) is 0.765. The van der Waals surface area contributed by atoms with Gasteiger partial charge in [-0.3, -0.25) is 33.6 Å². The number of aliphatic hydroxyl groups excluding tert-OH is 8. The van der Waals surface area contributed by atoms with Crippen LogP contribution in [0.15, 0.2) is 24.3 Å². The number of benzene rings is 1. The van der Waals surface area contributed by atoms with Crippen molar-refractivity contribution in [3.8, 4) is 5.75 Å². The van der Waals surface area contributed by atoms with Crippen LogP contribution in [-0.4, -0.2) is 190 Å². The number of aromatic hydroxyl groups is 1. The molecule has 0 spiro atoms. The summed E-state index contributed by atoms with van der Waals surface area (Å²) in [4.78, 5) is 91.9. The summed E-state index contributed by atoms with van der Waals surface area (Å²) >= 11 is 0. The molecule has 6 amide bonds. The predicted octanol–water partition coefficient (Wildman–Crippen LogP) is -1.04. The van der Waals surface area contributed by atoms with Gasteiger partial charge in [0.25, 0.3) is 0 Å². The number of hydroxylamine groups is 1. The Morgan fingerprint density at radius 1 is 0.689 bits per heavy atom. The van der Waals surface area contributed by atoms with E-state index < -0.39 is 146 Å². The van der Waals surface area contributed by atoms with Crippen molar-refractivity contribution in [2.24, 2.45) is 5.92 Å². The van der Waals surface area contributed by atoms with E-state index in [1.807, 2.05) is 0 Å². The molecule has 0 aliphatic carbocycles. The average molecular weight is 1050 g/mol. The minimum Gasteiger partial charge on any atom is -0.508 e. The van der Waals surface area contributed by atoms with E-state index >= 15 is 0 Å². The second-order valence-corrected chi connectivity index (χ2v) is 20.6. The van der Waals surface area contributed by atoms with Crippen LogP contribution >= 0.6 is 0 Å². The van der Waals surface area contributed by atoms with Crippen LogP contribution < -0.4 is 26.7 Å². The van der Waals surface area contributed by atoms with Crippen LogP contribution in [0, 0.1) is 5.92 Å². The average Bonchev–Trinajstić information content (AvgIpc) is 3.89. The first kappa shape index (κ1) is 62.0. The van der Waals surface area contributed by atoms with Gasteiger partial charge >= 0.3 is 0 Å². The summed E-state index contributed by atoms with van der Waals surface area (Å²) in [7, 11) is 0. The third-order valence-electron chi connectivity index (χ3n) is 14.2. The first-order valence-electron chi connectivity index (χ1n) is 26.6. The Balaban J connectivity index is 1.59. The van der Waals surface area contributed by atoms with E-state index in [1.54, 1.807) is 6.92 Å². The molecule has 3 aliphatic rings. The van der Waals surface area contributed by atoms with Crippen molar-refractivity contribution in [2.75, 3.05) is 13.1 Å². The fourth-order valence-corrected chi connectivity index (χ4v) is 9.61. The van der Waals surface area contributed by atoms with E-state index in [-0.39, 0.29) is 25.1 Å². The van der Waals surface area contributed by atoms with Crippen LogP contribution in [0.1, 0.15) is 142 Å². The van der Waals surface area contributed by atoms with E-state index in [2.05, 4.69) is 33.7 Å². The summed E-state index contributed by atoms with van der Waals surface area (Å²) in [5.74, 6) is -7.12. The zero-order valence-electron chi connectivity index (χ0n) is 43.4. The number of carbonyl (C=O) groups is 6. The van der Waals surface area contributed by atoms with Gasteiger partial charge in [0.1, 0.15) is 48.2 Å². The number of fused-ring (bicyclic) bond motifs is 2. The van der Waals surface area contributed by atoms with Crippen LogP contribution in [0.25, 0.3) is 0 Å². The highest BCUT2D eigenvalue weighted by molar-refractivity contribution is 5.97. The zero-order valence-corrected chi connectivity index (χ0v) is 43.4. The number of phenols is 1. The van der Waals surface area contributed by atoms with Crippen molar-refractivity contribution >= 4 is 35.4 Å². The molecular formula is C51H85N7O16. The lowest BCUT2D eigenvalue weighted by atomic mass is 9.97.